The highest BCUT2D eigenvalue weighted by Crippen LogP contribution is 2.23. The molecular formula is C15H16N2O5S. The first kappa shape index (κ1) is 17.1. The van der Waals surface area contributed by atoms with Crippen molar-refractivity contribution in [2.75, 3.05) is 7.11 Å². The fourth-order valence-electron chi connectivity index (χ4n) is 2.38. The number of fused-ring (bicyclic) bond motifs is 2. The van der Waals surface area contributed by atoms with Crippen molar-refractivity contribution < 1.29 is 26.8 Å². The van der Waals surface area contributed by atoms with E-state index in [0.717, 1.165) is 34.4 Å². The third kappa shape index (κ3) is 4.13. The Balaban J connectivity index is 0.000000338. The van der Waals surface area contributed by atoms with Crippen molar-refractivity contribution in [2.24, 2.45) is 0 Å². The normalized spacial score (nSPS) is 11.1. The molecule has 0 fully saturated rings. The molecule has 0 aliphatic carbocycles. The number of rotatable bonds is 2. The van der Waals surface area contributed by atoms with E-state index in [0.29, 0.717) is 0 Å². The Bertz CT molecular complexity index is 933. The lowest BCUT2D eigenvalue weighted by Crippen LogP contribution is -2.34. The van der Waals surface area contributed by atoms with E-state index in [1.165, 1.54) is 0 Å². The Morgan fingerprint density at radius 3 is 2.39 bits per heavy atom. The number of aromatic nitrogens is 2. The molecule has 0 amide bonds. The summed E-state index contributed by atoms with van der Waals surface area (Å²) in [6.07, 6.45) is 0. The van der Waals surface area contributed by atoms with E-state index < -0.39 is 10.4 Å². The second-order valence-corrected chi connectivity index (χ2v) is 5.46. The van der Waals surface area contributed by atoms with Crippen LogP contribution in [0.25, 0.3) is 22.1 Å². The van der Waals surface area contributed by atoms with Crippen molar-refractivity contribution in [3.8, 4) is 5.75 Å². The fourth-order valence-corrected chi connectivity index (χ4v) is 2.38. The molecule has 0 unspecified atom stereocenters. The van der Waals surface area contributed by atoms with Crippen LogP contribution in [0.1, 0.15) is 6.92 Å². The molecule has 2 aromatic carbocycles. The molecule has 1 aromatic heterocycles. The van der Waals surface area contributed by atoms with Crippen LogP contribution in [-0.2, 0) is 16.9 Å². The standard InChI is InChI=1S/C15H15N2O.H2O4S/c1-3-17-12-8-5-4-7-11(12)16-15-13(17)9-6-10-14(15)18-2;1-5(2,3)4/h4-10H,3H2,1-2H3;(H2,1,2,3,4)/q+1;/p-1. The van der Waals surface area contributed by atoms with Crippen LogP contribution in [0.5, 0.6) is 5.75 Å². The van der Waals surface area contributed by atoms with Gasteiger partial charge in [0.15, 0.2) is 11.3 Å². The van der Waals surface area contributed by atoms with E-state index in [9.17, 15) is 0 Å². The fraction of sp³-hybridized carbons (Fsp3) is 0.200. The first-order valence-electron chi connectivity index (χ1n) is 6.78. The van der Waals surface area contributed by atoms with Crippen LogP contribution in [0.4, 0.5) is 0 Å². The summed E-state index contributed by atoms with van der Waals surface area (Å²) in [5.74, 6) is 0.820. The van der Waals surface area contributed by atoms with Gasteiger partial charge in [-0.2, -0.15) is 4.57 Å². The van der Waals surface area contributed by atoms with Crippen LogP contribution in [-0.4, -0.2) is 29.6 Å². The molecule has 0 radical (unpaired) electrons. The molecule has 0 saturated carbocycles. The Kier molecular flexibility index (Phi) is 5.09. The highest BCUT2D eigenvalue weighted by molar-refractivity contribution is 7.79. The molecule has 0 saturated heterocycles. The third-order valence-corrected chi connectivity index (χ3v) is 3.21. The maximum Gasteiger partial charge on any atom is 0.235 e. The van der Waals surface area contributed by atoms with Crippen LogP contribution < -0.4 is 9.30 Å². The molecule has 0 aliphatic rings. The van der Waals surface area contributed by atoms with Crippen molar-refractivity contribution in [1.29, 1.82) is 0 Å². The van der Waals surface area contributed by atoms with Crippen LogP contribution in [0, 0.1) is 0 Å². The quantitative estimate of drug-likeness (QED) is 0.331. The van der Waals surface area contributed by atoms with Gasteiger partial charge in [-0.3, -0.25) is 4.55 Å². The van der Waals surface area contributed by atoms with Crippen LogP contribution >= 0.6 is 0 Å². The van der Waals surface area contributed by atoms with Crippen molar-refractivity contribution in [1.82, 2.24) is 4.98 Å². The molecule has 0 atom stereocenters. The van der Waals surface area contributed by atoms with E-state index in [-0.39, 0.29) is 0 Å². The van der Waals surface area contributed by atoms with E-state index >= 15 is 0 Å². The molecule has 23 heavy (non-hydrogen) atoms. The minimum absolute atomic E-state index is 0.820. The van der Waals surface area contributed by atoms with Gasteiger partial charge in [0, 0.05) is 12.1 Å². The van der Waals surface area contributed by atoms with Gasteiger partial charge in [0.2, 0.25) is 21.4 Å². The minimum atomic E-state index is -4.92. The van der Waals surface area contributed by atoms with E-state index in [2.05, 4.69) is 23.6 Å². The zero-order valence-electron chi connectivity index (χ0n) is 12.6. The number of aryl methyl sites for hydroxylation is 1. The monoisotopic (exact) mass is 336 g/mol. The van der Waals surface area contributed by atoms with Gasteiger partial charge in [0.1, 0.15) is 12.1 Å². The van der Waals surface area contributed by atoms with Gasteiger partial charge in [0.25, 0.3) is 0 Å². The van der Waals surface area contributed by atoms with Crippen LogP contribution in [0.2, 0.25) is 0 Å². The van der Waals surface area contributed by atoms with Crippen LogP contribution in [0.15, 0.2) is 42.5 Å². The lowest BCUT2D eigenvalue weighted by molar-refractivity contribution is -0.641. The summed E-state index contributed by atoms with van der Waals surface area (Å²) in [6, 6.07) is 14.2. The zero-order chi connectivity index (χ0) is 17.0. The first-order chi connectivity index (χ1) is 10.8. The maximum absolute atomic E-state index is 8.63. The summed E-state index contributed by atoms with van der Waals surface area (Å²) in [6.45, 7) is 3.05. The predicted octanol–water partition coefficient (Wildman–Crippen LogP) is 1.71. The molecule has 7 nitrogen and oxygen atoms in total. The summed E-state index contributed by atoms with van der Waals surface area (Å²) in [5, 5.41) is 0. The zero-order valence-corrected chi connectivity index (χ0v) is 13.4. The molecular weight excluding hydrogens is 320 g/mol. The number of ether oxygens (including phenoxy) is 1. The Hall–Kier alpha value is -2.29. The van der Waals surface area contributed by atoms with Gasteiger partial charge in [-0.05, 0) is 19.1 Å². The Morgan fingerprint density at radius 1 is 1.17 bits per heavy atom. The summed E-state index contributed by atoms with van der Waals surface area (Å²) in [5.41, 5.74) is 4.17. The molecule has 1 heterocycles. The third-order valence-electron chi connectivity index (χ3n) is 3.21. The smallest absolute Gasteiger partial charge is 0.235 e. The Morgan fingerprint density at radius 2 is 1.78 bits per heavy atom. The van der Waals surface area contributed by atoms with Gasteiger partial charge in [-0.25, -0.2) is 13.4 Å². The SMILES string of the molecule is CC[n+]1c2ccccc2nc2c(OC)cccc21.O=S(=O)([O-])O. The minimum Gasteiger partial charge on any atom is -0.726 e. The summed E-state index contributed by atoms with van der Waals surface area (Å²) in [7, 11) is -3.23. The van der Waals surface area contributed by atoms with Crippen molar-refractivity contribution in [3.05, 3.63) is 42.5 Å². The molecule has 0 aliphatic heterocycles. The maximum atomic E-state index is 8.63. The summed E-state index contributed by atoms with van der Waals surface area (Å²) in [4.78, 5) is 4.71. The first-order valence-corrected chi connectivity index (χ1v) is 8.15. The van der Waals surface area contributed by atoms with Crippen LogP contribution in [0.3, 0.4) is 0 Å². The summed E-state index contributed by atoms with van der Waals surface area (Å²) >= 11 is 0. The van der Waals surface area contributed by atoms with Gasteiger partial charge >= 0.3 is 0 Å². The lowest BCUT2D eigenvalue weighted by Gasteiger charge is -2.06. The molecule has 1 N–H and O–H groups in total. The molecule has 3 rings (SSSR count). The average molecular weight is 336 g/mol. The average Bonchev–Trinajstić information content (AvgIpc) is 2.50. The topological polar surface area (TPSA) is 103 Å². The number of benzene rings is 2. The van der Waals surface area contributed by atoms with Crippen molar-refractivity contribution >= 4 is 32.5 Å². The van der Waals surface area contributed by atoms with E-state index in [4.69, 9.17) is 27.2 Å². The predicted molar refractivity (Wildman–Crippen MR) is 84.0 cm³/mol. The number of hydrogen-bond donors (Lipinski definition) is 1. The highest BCUT2D eigenvalue weighted by atomic mass is 32.3. The molecule has 3 aromatic rings. The second-order valence-electron chi connectivity index (χ2n) is 4.60. The van der Waals surface area contributed by atoms with Crippen molar-refractivity contribution in [3.63, 3.8) is 0 Å². The van der Waals surface area contributed by atoms with Gasteiger partial charge in [0.05, 0.1) is 7.11 Å². The summed E-state index contributed by atoms with van der Waals surface area (Å²) < 4.78 is 40.5. The van der Waals surface area contributed by atoms with Gasteiger partial charge in [-0.15, -0.1) is 0 Å². The number of para-hydroxylation sites is 3. The van der Waals surface area contributed by atoms with Gasteiger partial charge < -0.3 is 9.29 Å². The number of methoxy groups -OCH3 is 1. The Labute approximate surface area is 133 Å². The lowest BCUT2D eigenvalue weighted by atomic mass is 10.2. The molecule has 122 valence electrons. The second kappa shape index (κ2) is 6.86. The van der Waals surface area contributed by atoms with Gasteiger partial charge in [-0.1, -0.05) is 18.2 Å². The number of nitrogens with zero attached hydrogens (tertiary/aromatic N) is 2. The molecule has 8 heteroatoms. The number of hydrogen-bond acceptors (Lipinski definition) is 5. The van der Waals surface area contributed by atoms with Crippen molar-refractivity contribution in [2.45, 2.75) is 13.5 Å². The van der Waals surface area contributed by atoms with E-state index in [1.54, 1.807) is 7.11 Å². The highest BCUT2D eigenvalue weighted by Gasteiger charge is 2.16. The van der Waals surface area contributed by atoms with E-state index in [1.807, 2.05) is 30.3 Å². The molecule has 0 spiro atoms. The molecule has 0 bridgehead atoms. The largest absolute Gasteiger partial charge is 0.726 e.